The molecule has 0 unspecified atom stereocenters. The lowest BCUT2D eigenvalue weighted by Crippen LogP contribution is -2.43. The summed E-state index contributed by atoms with van der Waals surface area (Å²) in [4.78, 5) is 9.27. The second-order valence-corrected chi connectivity index (χ2v) is 7.76. The summed E-state index contributed by atoms with van der Waals surface area (Å²) >= 11 is 0. The fourth-order valence-electron chi connectivity index (χ4n) is 3.20. The molecule has 0 aliphatic carbocycles. The molecule has 0 aliphatic rings. The van der Waals surface area contributed by atoms with E-state index in [1.807, 2.05) is 18.5 Å². The molecule has 0 spiro atoms. The van der Waals surface area contributed by atoms with E-state index in [0.29, 0.717) is 6.54 Å². The first-order chi connectivity index (χ1) is 14.1. The van der Waals surface area contributed by atoms with Gasteiger partial charge < -0.3 is 15.2 Å². The monoisotopic (exact) mass is 517 g/mol. The molecule has 0 amide bonds. The number of nitrogens with zero attached hydrogens (tertiary/aromatic N) is 3. The zero-order valence-electron chi connectivity index (χ0n) is 18.0. The van der Waals surface area contributed by atoms with E-state index in [2.05, 4.69) is 95.6 Å². The first-order valence-electron chi connectivity index (χ1n) is 10.2. The number of aromatic nitrogens is 2. The van der Waals surface area contributed by atoms with Gasteiger partial charge in [-0.1, -0.05) is 74.5 Å². The number of rotatable bonds is 8. The normalized spacial score (nSPS) is 11.6. The van der Waals surface area contributed by atoms with Crippen LogP contribution in [0.15, 0.2) is 78.0 Å². The minimum Gasteiger partial charge on any atom is -0.357 e. The Labute approximate surface area is 197 Å². The van der Waals surface area contributed by atoms with Crippen LogP contribution < -0.4 is 10.6 Å². The minimum absolute atomic E-state index is 0. The Hall–Kier alpha value is -2.35. The molecule has 30 heavy (non-hydrogen) atoms. The van der Waals surface area contributed by atoms with Gasteiger partial charge in [0, 0.05) is 37.4 Å². The molecule has 2 aromatic carbocycles. The largest absolute Gasteiger partial charge is 0.357 e. The van der Waals surface area contributed by atoms with Gasteiger partial charge in [-0.05, 0) is 18.1 Å². The first kappa shape index (κ1) is 23.9. The molecule has 0 bridgehead atoms. The van der Waals surface area contributed by atoms with Gasteiger partial charge in [0.15, 0.2) is 5.96 Å². The fourth-order valence-corrected chi connectivity index (χ4v) is 3.20. The van der Waals surface area contributed by atoms with Gasteiger partial charge in [0.25, 0.3) is 0 Å². The lowest BCUT2D eigenvalue weighted by atomic mass is 9.85. The van der Waals surface area contributed by atoms with Crippen molar-refractivity contribution in [1.82, 2.24) is 20.2 Å². The topological polar surface area (TPSA) is 54.2 Å². The highest BCUT2D eigenvalue weighted by Crippen LogP contribution is 2.21. The van der Waals surface area contributed by atoms with E-state index in [-0.39, 0.29) is 29.4 Å². The number of hydrogen-bond acceptors (Lipinski definition) is 2. The van der Waals surface area contributed by atoms with E-state index in [1.54, 1.807) is 0 Å². The summed E-state index contributed by atoms with van der Waals surface area (Å²) < 4.78 is 2.15. The Balaban J connectivity index is 0.00000320. The summed E-state index contributed by atoms with van der Waals surface area (Å²) in [6.45, 7) is 9.50. The zero-order valence-corrected chi connectivity index (χ0v) is 20.3. The molecule has 160 valence electrons. The summed E-state index contributed by atoms with van der Waals surface area (Å²) in [5.74, 6) is 1.76. The summed E-state index contributed by atoms with van der Waals surface area (Å²) in [6, 6.07) is 21.0. The molecule has 0 aliphatic heterocycles. The molecular formula is C24H32IN5. The molecule has 2 N–H and O–H groups in total. The molecule has 0 atom stereocenters. The highest BCUT2D eigenvalue weighted by molar-refractivity contribution is 14.0. The molecule has 0 saturated heterocycles. The van der Waals surface area contributed by atoms with Gasteiger partial charge >= 0.3 is 0 Å². The van der Waals surface area contributed by atoms with Crippen LogP contribution in [0.1, 0.15) is 37.7 Å². The van der Waals surface area contributed by atoms with Crippen molar-refractivity contribution in [2.45, 2.75) is 39.3 Å². The highest BCUT2D eigenvalue weighted by Gasteiger charge is 2.20. The van der Waals surface area contributed by atoms with E-state index in [1.165, 1.54) is 11.1 Å². The molecule has 0 radical (unpaired) electrons. The van der Waals surface area contributed by atoms with E-state index in [9.17, 15) is 0 Å². The zero-order chi connectivity index (χ0) is 20.5. The van der Waals surface area contributed by atoms with Crippen LogP contribution in [-0.2, 0) is 18.5 Å². The lowest BCUT2D eigenvalue weighted by molar-refractivity contribution is 0.508. The quantitative estimate of drug-likeness (QED) is 0.261. The third kappa shape index (κ3) is 6.86. The van der Waals surface area contributed by atoms with Crippen LogP contribution in [0.4, 0.5) is 0 Å². The fraction of sp³-hybridized carbons (Fsp3) is 0.333. The van der Waals surface area contributed by atoms with Crippen LogP contribution in [0, 0.1) is 0 Å². The second-order valence-electron chi connectivity index (χ2n) is 7.76. The summed E-state index contributed by atoms with van der Waals surface area (Å²) in [7, 11) is 0. The van der Waals surface area contributed by atoms with Crippen LogP contribution in [0.3, 0.4) is 0 Å². The molecule has 1 heterocycles. The van der Waals surface area contributed by atoms with Crippen LogP contribution in [0.5, 0.6) is 0 Å². The average Bonchev–Trinajstić information content (AvgIpc) is 3.18. The van der Waals surface area contributed by atoms with Gasteiger partial charge in [0.2, 0.25) is 0 Å². The minimum atomic E-state index is 0. The third-order valence-corrected chi connectivity index (χ3v) is 4.97. The third-order valence-electron chi connectivity index (χ3n) is 4.97. The molecule has 0 saturated carbocycles. The number of guanidine groups is 1. The lowest BCUT2D eigenvalue weighted by Gasteiger charge is -2.26. The van der Waals surface area contributed by atoms with Crippen LogP contribution in [-0.4, -0.2) is 28.6 Å². The molecular weight excluding hydrogens is 485 g/mol. The Bertz CT molecular complexity index is 904. The maximum Gasteiger partial charge on any atom is 0.191 e. The maximum atomic E-state index is 4.77. The van der Waals surface area contributed by atoms with E-state index in [0.717, 1.165) is 31.4 Å². The van der Waals surface area contributed by atoms with Crippen molar-refractivity contribution in [3.05, 3.63) is 90.0 Å². The number of nitrogens with one attached hydrogen (secondary N) is 2. The second kappa shape index (κ2) is 11.7. The Kier molecular flexibility index (Phi) is 9.36. The van der Waals surface area contributed by atoms with Crippen molar-refractivity contribution in [3.63, 3.8) is 0 Å². The highest BCUT2D eigenvalue weighted by atomic mass is 127. The smallest absolute Gasteiger partial charge is 0.191 e. The van der Waals surface area contributed by atoms with Crippen molar-refractivity contribution in [2.75, 3.05) is 13.1 Å². The summed E-state index contributed by atoms with van der Waals surface area (Å²) in [5, 5.41) is 6.83. The number of aliphatic imine (C=N–C) groups is 1. The SMILES string of the molecule is CCNC(=NCc1nccn1Cc1ccccc1)NCC(C)(C)c1ccccc1.I. The Morgan fingerprint density at radius 2 is 1.67 bits per heavy atom. The molecule has 6 heteroatoms. The molecule has 5 nitrogen and oxygen atoms in total. The predicted molar refractivity (Wildman–Crippen MR) is 135 cm³/mol. The van der Waals surface area contributed by atoms with Gasteiger partial charge in [0.05, 0.1) is 0 Å². The molecule has 1 aromatic heterocycles. The van der Waals surface area contributed by atoms with Gasteiger partial charge in [-0.15, -0.1) is 24.0 Å². The van der Waals surface area contributed by atoms with Crippen molar-refractivity contribution < 1.29 is 0 Å². The predicted octanol–water partition coefficient (Wildman–Crippen LogP) is 4.58. The van der Waals surface area contributed by atoms with Gasteiger partial charge in [0.1, 0.15) is 12.4 Å². The number of hydrogen-bond donors (Lipinski definition) is 2. The molecule has 3 aromatic rings. The number of benzene rings is 2. The number of halogens is 1. The van der Waals surface area contributed by atoms with E-state index >= 15 is 0 Å². The molecule has 3 rings (SSSR count). The van der Waals surface area contributed by atoms with Crippen LogP contribution in [0.2, 0.25) is 0 Å². The molecule has 0 fully saturated rings. The van der Waals surface area contributed by atoms with Crippen molar-refractivity contribution >= 4 is 29.9 Å². The van der Waals surface area contributed by atoms with Crippen molar-refractivity contribution in [1.29, 1.82) is 0 Å². The van der Waals surface area contributed by atoms with Gasteiger partial charge in [-0.25, -0.2) is 9.98 Å². The van der Waals surface area contributed by atoms with Crippen molar-refractivity contribution in [3.8, 4) is 0 Å². The Morgan fingerprint density at radius 3 is 2.33 bits per heavy atom. The maximum absolute atomic E-state index is 4.77. The number of imidazole rings is 1. The average molecular weight is 517 g/mol. The summed E-state index contributed by atoms with van der Waals surface area (Å²) in [6.07, 6.45) is 3.85. The first-order valence-corrected chi connectivity index (χ1v) is 10.2. The Morgan fingerprint density at radius 1 is 1.00 bits per heavy atom. The van der Waals surface area contributed by atoms with Gasteiger partial charge in [-0.2, -0.15) is 0 Å². The summed E-state index contributed by atoms with van der Waals surface area (Å²) in [5.41, 5.74) is 2.57. The van der Waals surface area contributed by atoms with Crippen LogP contribution in [0.25, 0.3) is 0 Å². The van der Waals surface area contributed by atoms with Gasteiger partial charge in [-0.3, -0.25) is 0 Å². The van der Waals surface area contributed by atoms with Crippen LogP contribution >= 0.6 is 24.0 Å². The standard InChI is InChI=1S/C24H31N5.HI/c1-4-25-23(28-19-24(2,3)21-13-9-6-10-14-21)27-17-22-26-15-16-29(22)18-20-11-7-5-8-12-20;/h5-16H,4,17-19H2,1-3H3,(H2,25,27,28);1H. The van der Waals surface area contributed by atoms with E-state index < -0.39 is 0 Å². The van der Waals surface area contributed by atoms with Crippen molar-refractivity contribution in [2.24, 2.45) is 4.99 Å². The van der Waals surface area contributed by atoms with E-state index in [4.69, 9.17) is 4.99 Å².